The van der Waals surface area contributed by atoms with Gasteiger partial charge in [-0.15, -0.1) is 0 Å². The molecule has 1 aliphatic carbocycles. The summed E-state index contributed by atoms with van der Waals surface area (Å²) in [5, 5.41) is 8.96. The van der Waals surface area contributed by atoms with Crippen molar-refractivity contribution in [3.8, 4) is 0 Å². The molecule has 0 radical (unpaired) electrons. The number of nitrogens with zero attached hydrogens (tertiary/aromatic N) is 3. The third kappa shape index (κ3) is 3.21. The molecular weight excluding hydrogens is 246 g/mol. The van der Waals surface area contributed by atoms with Crippen LogP contribution in [0.15, 0.2) is 18.3 Å². The lowest BCUT2D eigenvalue weighted by Crippen LogP contribution is -2.32. The molecule has 1 amide bonds. The first-order valence-corrected chi connectivity index (χ1v) is 6.15. The second kappa shape index (κ2) is 5.26. The summed E-state index contributed by atoms with van der Waals surface area (Å²) in [6.45, 7) is -0.0513. The van der Waals surface area contributed by atoms with E-state index in [4.69, 9.17) is 5.11 Å². The third-order valence-corrected chi connectivity index (χ3v) is 2.99. The van der Waals surface area contributed by atoms with Crippen molar-refractivity contribution in [2.24, 2.45) is 0 Å². The Kier molecular flexibility index (Phi) is 3.69. The number of anilines is 1. The summed E-state index contributed by atoms with van der Waals surface area (Å²) in [4.78, 5) is 30.1. The van der Waals surface area contributed by atoms with Gasteiger partial charge in [0, 0.05) is 32.0 Å². The van der Waals surface area contributed by atoms with Gasteiger partial charge in [0.25, 0.3) is 5.91 Å². The standard InChI is InChI=1S/C13H17N3O3/c1-15(2)13(19)11-7-10(5-6-14-11)16(8-12(17)18)9-3-4-9/h5-7,9H,3-4,8H2,1-2H3,(H,17,18). The fourth-order valence-corrected chi connectivity index (χ4v) is 1.91. The van der Waals surface area contributed by atoms with Crippen molar-refractivity contribution < 1.29 is 14.7 Å². The molecule has 1 aliphatic rings. The number of carbonyl (C=O) groups excluding carboxylic acids is 1. The van der Waals surface area contributed by atoms with Gasteiger partial charge in [0.1, 0.15) is 12.2 Å². The minimum atomic E-state index is -0.871. The first kappa shape index (κ1) is 13.3. The fourth-order valence-electron chi connectivity index (χ4n) is 1.91. The largest absolute Gasteiger partial charge is 0.480 e. The maximum Gasteiger partial charge on any atom is 0.323 e. The van der Waals surface area contributed by atoms with Gasteiger partial charge in [0.05, 0.1) is 0 Å². The molecule has 0 saturated heterocycles. The highest BCUT2D eigenvalue weighted by Crippen LogP contribution is 2.31. The summed E-state index contributed by atoms with van der Waals surface area (Å²) in [5.41, 5.74) is 1.07. The lowest BCUT2D eigenvalue weighted by atomic mass is 10.2. The van der Waals surface area contributed by atoms with E-state index in [1.165, 1.54) is 4.90 Å². The Hall–Kier alpha value is -2.11. The SMILES string of the molecule is CN(C)C(=O)c1cc(N(CC(=O)O)C2CC2)ccn1. The molecule has 1 heterocycles. The van der Waals surface area contributed by atoms with Crippen LogP contribution in [-0.2, 0) is 4.79 Å². The molecule has 102 valence electrons. The van der Waals surface area contributed by atoms with Crippen LogP contribution in [0.3, 0.4) is 0 Å². The Balaban J connectivity index is 2.25. The third-order valence-electron chi connectivity index (χ3n) is 2.99. The summed E-state index contributed by atoms with van der Waals surface area (Å²) in [7, 11) is 3.32. The van der Waals surface area contributed by atoms with E-state index < -0.39 is 5.97 Å². The van der Waals surface area contributed by atoms with Crippen molar-refractivity contribution in [3.63, 3.8) is 0 Å². The number of aromatic nitrogens is 1. The quantitative estimate of drug-likeness (QED) is 0.852. The van der Waals surface area contributed by atoms with Crippen LogP contribution in [0.25, 0.3) is 0 Å². The molecular formula is C13H17N3O3. The zero-order valence-electron chi connectivity index (χ0n) is 11.0. The Labute approximate surface area is 111 Å². The number of hydrogen-bond donors (Lipinski definition) is 1. The molecule has 6 nitrogen and oxygen atoms in total. The Bertz CT molecular complexity index is 498. The zero-order chi connectivity index (χ0) is 14.0. The van der Waals surface area contributed by atoms with Gasteiger partial charge in [-0.1, -0.05) is 0 Å². The van der Waals surface area contributed by atoms with E-state index in [9.17, 15) is 9.59 Å². The smallest absolute Gasteiger partial charge is 0.323 e. The van der Waals surface area contributed by atoms with E-state index in [1.54, 1.807) is 32.4 Å². The molecule has 0 atom stereocenters. The average molecular weight is 263 g/mol. The predicted octanol–water partition coefficient (Wildman–Crippen LogP) is 0.837. The van der Waals surface area contributed by atoms with Crippen molar-refractivity contribution in [3.05, 3.63) is 24.0 Å². The Morgan fingerprint density at radius 1 is 1.42 bits per heavy atom. The molecule has 0 spiro atoms. The zero-order valence-corrected chi connectivity index (χ0v) is 11.0. The molecule has 1 aromatic rings. The number of carboxylic acid groups (broad SMARTS) is 1. The number of rotatable bonds is 5. The topological polar surface area (TPSA) is 73.7 Å². The van der Waals surface area contributed by atoms with Crippen LogP contribution >= 0.6 is 0 Å². The maximum atomic E-state index is 11.9. The summed E-state index contributed by atoms with van der Waals surface area (Å²) in [5.74, 6) is -1.06. The summed E-state index contributed by atoms with van der Waals surface area (Å²) < 4.78 is 0. The molecule has 0 bridgehead atoms. The number of amides is 1. The lowest BCUT2D eigenvalue weighted by Gasteiger charge is -2.23. The van der Waals surface area contributed by atoms with E-state index in [-0.39, 0.29) is 18.5 Å². The highest BCUT2D eigenvalue weighted by atomic mass is 16.4. The van der Waals surface area contributed by atoms with Gasteiger partial charge in [-0.25, -0.2) is 0 Å². The second-order valence-electron chi connectivity index (χ2n) is 4.85. The number of aliphatic carboxylic acids is 1. The summed E-state index contributed by atoms with van der Waals surface area (Å²) in [6.07, 6.45) is 3.53. The van der Waals surface area contributed by atoms with Crippen LogP contribution in [0.4, 0.5) is 5.69 Å². The van der Waals surface area contributed by atoms with Crippen LogP contribution in [0.1, 0.15) is 23.3 Å². The second-order valence-corrected chi connectivity index (χ2v) is 4.85. The lowest BCUT2D eigenvalue weighted by molar-refractivity contribution is -0.135. The highest BCUT2D eigenvalue weighted by molar-refractivity contribution is 5.93. The van der Waals surface area contributed by atoms with Crippen LogP contribution < -0.4 is 4.90 Å². The molecule has 0 aliphatic heterocycles. The minimum absolute atomic E-state index is 0.0513. The average Bonchev–Trinajstić information content (AvgIpc) is 3.19. The van der Waals surface area contributed by atoms with Crippen LogP contribution in [0.5, 0.6) is 0 Å². The Morgan fingerprint density at radius 3 is 2.63 bits per heavy atom. The molecule has 6 heteroatoms. The number of carboxylic acids is 1. The molecule has 1 aromatic heterocycles. The number of pyridine rings is 1. The van der Waals surface area contributed by atoms with Crippen LogP contribution in [0.2, 0.25) is 0 Å². The van der Waals surface area contributed by atoms with Gasteiger partial charge in [-0.2, -0.15) is 0 Å². The summed E-state index contributed by atoms with van der Waals surface area (Å²) >= 11 is 0. The highest BCUT2D eigenvalue weighted by Gasteiger charge is 2.31. The molecule has 1 N–H and O–H groups in total. The molecule has 19 heavy (non-hydrogen) atoms. The summed E-state index contributed by atoms with van der Waals surface area (Å²) in [6, 6.07) is 3.66. The van der Waals surface area contributed by atoms with Crippen molar-refractivity contribution in [1.82, 2.24) is 9.88 Å². The van der Waals surface area contributed by atoms with E-state index >= 15 is 0 Å². The van der Waals surface area contributed by atoms with Gasteiger partial charge >= 0.3 is 5.97 Å². The normalized spacial score (nSPS) is 14.0. The van der Waals surface area contributed by atoms with Crippen molar-refractivity contribution in [2.75, 3.05) is 25.5 Å². The van der Waals surface area contributed by atoms with E-state index in [0.29, 0.717) is 5.69 Å². The van der Waals surface area contributed by atoms with Gasteiger partial charge in [0.15, 0.2) is 0 Å². The van der Waals surface area contributed by atoms with Crippen molar-refractivity contribution in [2.45, 2.75) is 18.9 Å². The van der Waals surface area contributed by atoms with Crippen LogP contribution in [0, 0.1) is 0 Å². The van der Waals surface area contributed by atoms with Gasteiger partial charge < -0.3 is 14.9 Å². The van der Waals surface area contributed by atoms with Crippen molar-refractivity contribution >= 4 is 17.6 Å². The number of hydrogen-bond acceptors (Lipinski definition) is 4. The van der Waals surface area contributed by atoms with Crippen LogP contribution in [-0.4, -0.2) is 53.5 Å². The van der Waals surface area contributed by atoms with E-state index in [2.05, 4.69) is 4.98 Å². The number of carbonyl (C=O) groups is 2. The molecule has 0 aromatic carbocycles. The monoisotopic (exact) mass is 263 g/mol. The van der Waals surface area contributed by atoms with E-state index in [0.717, 1.165) is 18.5 Å². The molecule has 2 rings (SSSR count). The first-order valence-electron chi connectivity index (χ1n) is 6.15. The molecule has 0 unspecified atom stereocenters. The van der Waals surface area contributed by atoms with E-state index in [1.807, 2.05) is 4.90 Å². The predicted molar refractivity (Wildman–Crippen MR) is 70.3 cm³/mol. The van der Waals surface area contributed by atoms with Gasteiger partial charge in [-0.3, -0.25) is 14.6 Å². The first-order chi connectivity index (χ1) is 8.99. The fraction of sp³-hybridized carbons (Fsp3) is 0.462. The molecule has 1 saturated carbocycles. The molecule has 1 fully saturated rings. The Morgan fingerprint density at radius 2 is 2.11 bits per heavy atom. The van der Waals surface area contributed by atoms with Gasteiger partial charge in [0.2, 0.25) is 0 Å². The van der Waals surface area contributed by atoms with Gasteiger partial charge in [-0.05, 0) is 25.0 Å². The maximum absolute atomic E-state index is 11.9. The van der Waals surface area contributed by atoms with Crippen molar-refractivity contribution in [1.29, 1.82) is 0 Å². The minimum Gasteiger partial charge on any atom is -0.480 e.